The van der Waals surface area contributed by atoms with Crippen molar-refractivity contribution in [1.82, 2.24) is 4.31 Å². The third-order valence-electron chi connectivity index (χ3n) is 3.71. The van der Waals surface area contributed by atoms with E-state index in [-0.39, 0.29) is 0 Å². The molecule has 0 N–H and O–H groups in total. The second-order valence-electron chi connectivity index (χ2n) is 4.90. The highest BCUT2D eigenvalue weighted by atomic mass is 32.3. The summed E-state index contributed by atoms with van der Waals surface area (Å²) in [5.74, 6) is 1.12. The molecule has 1 aliphatic heterocycles. The molecule has 0 bridgehead atoms. The van der Waals surface area contributed by atoms with Crippen molar-refractivity contribution in [2.24, 2.45) is 0 Å². The van der Waals surface area contributed by atoms with Gasteiger partial charge in [-0.15, -0.1) is 10.2 Å². The summed E-state index contributed by atoms with van der Waals surface area (Å²) in [7, 11) is -0.958. The minimum atomic E-state index is -0.958. The maximum Gasteiger partial charge on any atom is 0.0144 e. The van der Waals surface area contributed by atoms with E-state index < -0.39 is 10.2 Å². The predicted octanol–water partition coefficient (Wildman–Crippen LogP) is 5.19. The summed E-state index contributed by atoms with van der Waals surface area (Å²) >= 11 is 0. The molecule has 1 unspecified atom stereocenters. The van der Waals surface area contributed by atoms with Gasteiger partial charge in [-0.2, -0.15) is 0 Å². The van der Waals surface area contributed by atoms with E-state index in [1.807, 2.05) is 0 Å². The van der Waals surface area contributed by atoms with Crippen LogP contribution in [0.4, 0.5) is 0 Å². The smallest absolute Gasteiger partial charge is 0.0144 e. The van der Waals surface area contributed by atoms with Crippen LogP contribution in [0, 0.1) is 0 Å². The molecule has 1 atom stereocenters. The summed E-state index contributed by atoms with van der Waals surface area (Å²) < 4.78 is 2.61. The topological polar surface area (TPSA) is 3.24 Å². The summed E-state index contributed by atoms with van der Waals surface area (Å²) in [5, 5.41) is 4.96. The molecule has 0 saturated carbocycles. The fourth-order valence-electron chi connectivity index (χ4n) is 2.61. The molecular weight excluding hydrogens is 262 g/mol. The predicted molar refractivity (Wildman–Crippen MR) is 93.8 cm³/mol. The molecule has 20 heavy (non-hydrogen) atoms. The van der Waals surface area contributed by atoms with Gasteiger partial charge in [0.25, 0.3) is 0 Å². The summed E-state index contributed by atoms with van der Waals surface area (Å²) in [6.45, 7) is 8.83. The molecule has 2 heteroatoms. The Kier molecular flexibility index (Phi) is 5.27. The summed E-state index contributed by atoms with van der Waals surface area (Å²) in [6, 6.07) is 10.7. The Bertz CT molecular complexity index is 511. The van der Waals surface area contributed by atoms with Crippen LogP contribution in [0.3, 0.4) is 0 Å². The van der Waals surface area contributed by atoms with Gasteiger partial charge in [-0.25, -0.2) is 0 Å². The first-order valence-electron chi connectivity index (χ1n) is 7.38. The second-order valence-corrected chi connectivity index (χ2v) is 7.88. The van der Waals surface area contributed by atoms with Gasteiger partial charge in [-0.05, 0) is 35.0 Å². The monoisotopic (exact) mass is 287 g/mol. The molecule has 0 amide bonds. The van der Waals surface area contributed by atoms with Crippen molar-refractivity contribution in [2.75, 3.05) is 18.8 Å². The number of allylic oxidation sites excluding steroid dienone is 3. The molecule has 1 aromatic rings. The molecule has 0 fully saturated rings. The van der Waals surface area contributed by atoms with E-state index in [1.165, 1.54) is 11.1 Å². The van der Waals surface area contributed by atoms with Gasteiger partial charge in [-0.3, -0.25) is 4.31 Å². The molecule has 1 aromatic carbocycles. The van der Waals surface area contributed by atoms with Gasteiger partial charge >= 0.3 is 0 Å². The van der Waals surface area contributed by atoms with Gasteiger partial charge < -0.3 is 0 Å². The van der Waals surface area contributed by atoms with E-state index >= 15 is 0 Å². The van der Waals surface area contributed by atoms with Crippen LogP contribution in [0.2, 0.25) is 0 Å². The van der Waals surface area contributed by atoms with Gasteiger partial charge in [0.2, 0.25) is 0 Å². The first-order chi connectivity index (χ1) is 9.75. The molecule has 2 rings (SSSR count). The van der Waals surface area contributed by atoms with Crippen LogP contribution in [0.1, 0.15) is 26.3 Å². The van der Waals surface area contributed by atoms with Crippen LogP contribution < -0.4 is 0 Å². The third kappa shape index (κ3) is 3.08. The van der Waals surface area contributed by atoms with Crippen molar-refractivity contribution in [1.29, 1.82) is 0 Å². The molecule has 0 aromatic heterocycles. The van der Waals surface area contributed by atoms with Crippen molar-refractivity contribution in [3.05, 3.63) is 64.9 Å². The van der Waals surface area contributed by atoms with Crippen LogP contribution >= 0.6 is 10.2 Å². The summed E-state index contributed by atoms with van der Waals surface area (Å²) in [4.78, 5) is 0. The van der Waals surface area contributed by atoms with Crippen LogP contribution in [-0.4, -0.2) is 23.1 Å². The molecule has 108 valence electrons. The Morgan fingerprint density at radius 2 is 1.80 bits per heavy atom. The zero-order valence-corrected chi connectivity index (χ0v) is 13.6. The number of rotatable bonds is 6. The molecule has 0 saturated heterocycles. The third-order valence-corrected chi connectivity index (χ3v) is 7.18. The lowest BCUT2D eigenvalue weighted by Crippen LogP contribution is -2.26. The summed E-state index contributed by atoms with van der Waals surface area (Å²) in [6.07, 6.45) is 6.79. The van der Waals surface area contributed by atoms with E-state index in [0.717, 1.165) is 18.8 Å². The summed E-state index contributed by atoms with van der Waals surface area (Å²) in [5.41, 5.74) is 2.70. The van der Waals surface area contributed by atoms with Gasteiger partial charge in [0.15, 0.2) is 0 Å². The minimum absolute atomic E-state index is 0.958. The highest BCUT2D eigenvalue weighted by Crippen LogP contribution is 2.59. The average Bonchev–Trinajstić information content (AvgIpc) is 2.93. The van der Waals surface area contributed by atoms with Gasteiger partial charge in [0.1, 0.15) is 0 Å². The standard InChI is InChI=1S/C18H25NS/c1-4-7-14-20(19(5-2)6-3)15-13-18(16-20)17-11-9-8-10-12-17/h4,7-13,15-16H,5-6,14H2,1-3H3. The highest BCUT2D eigenvalue weighted by molar-refractivity contribution is 8.37. The molecule has 0 radical (unpaired) electrons. The van der Waals surface area contributed by atoms with E-state index in [9.17, 15) is 0 Å². The van der Waals surface area contributed by atoms with Crippen molar-refractivity contribution in [3.8, 4) is 0 Å². The zero-order chi connectivity index (χ0) is 14.4. The Labute approximate surface area is 125 Å². The molecule has 1 heterocycles. The van der Waals surface area contributed by atoms with Crippen LogP contribution in [0.15, 0.2) is 59.4 Å². The second kappa shape index (κ2) is 6.96. The maximum absolute atomic E-state index is 2.61. The molecule has 1 aliphatic rings. The van der Waals surface area contributed by atoms with Crippen molar-refractivity contribution in [3.63, 3.8) is 0 Å². The fraction of sp³-hybridized carbons (Fsp3) is 0.333. The molecule has 0 spiro atoms. The van der Waals surface area contributed by atoms with E-state index in [2.05, 4.69) is 84.5 Å². The zero-order valence-electron chi connectivity index (χ0n) is 12.8. The highest BCUT2D eigenvalue weighted by Gasteiger charge is 2.27. The van der Waals surface area contributed by atoms with Gasteiger partial charge in [0, 0.05) is 18.8 Å². The number of nitrogens with zero attached hydrogens (tertiary/aromatic N) is 1. The normalized spacial score (nSPS) is 25.1. The number of benzene rings is 1. The quantitative estimate of drug-likeness (QED) is 0.651. The van der Waals surface area contributed by atoms with E-state index in [0.29, 0.717) is 0 Å². The first kappa shape index (κ1) is 15.1. The maximum atomic E-state index is 2.61. The Morgan fingerprint density at radius 3 is 2.40 bits per heavy atom. The van der Waals surface area contributed by atoms with Gasteiger partial charge in [0.05, 0.1) is 0 Å². The van der Waals surface area contributed by atoms with Crippen LogP contribution in [0.5, 0.6) is 0 Å². The molecular formula is C18H25NS. The van der Waals surface area contributed by atoms with E-state index in [1.54, 1.807) is 0 Å². The van der Waals surface area contributed by atoms with Crippen molar-refractivity contribution >= 4 is 15.8 Å². The number of hydrogen-bond donors (Lipinski definition) is 0. The molecule has 0 aliphatic carbocycles. The molecule has 1 nitrogen and oxygen atoms in total. The number of hydrogen-bond acceptors (Lipinski definition) is 1. The Balaban J connectivity index is 2.36. The Hall–Kier alpha value is -1.25. The SMILES string of the molecule is CC=CCS1(N(CC)CC)C=CC(c2ccccc2)=C1. The minimum Gasteiger partial charge on any atom is -0.261 e. The van der Waals surface area contributed by atoms with Crippen molar-refractivity contribution in [2.45, 2.75) is 20.8 Å². The Morgan fingerprint density at radius 1 is 1.10 bits per heavy atom. The van der Waals surface area contributed by atoms with Crippen LogP contribution in [-0.2, 0) is 0 Å². The lowest BCUT2D eigenvalue weighted by atomic mass is 10.1. The van der Waals surface area contributed by atoms with Gasteiger partial charge in [-0.1, -0.05) is 56.3 Å². The average molecular weight is 287 g/mol. The lowest BCUT2D eigenvalue weighted by molar-refractivity contribution is 0.516. The largest absolute Gasteiger partial charge is 0.261 e. The van der Waals surface area contributed by atoms with E-state index in [4.69, 9.17) is 0 Å². The van der Waals surface area contributed by atoms with Crippen LogP contribution in [0.25, 0.3) is 5.57 Å². The fourth-order valence-corrected chi connectivity index (χ4v) is 5.93. The lowest BCUT2D eigenvalue weighted by Gasteiger charge is -2.42. The first-order valence-corrected chi connectivity index (χ1v) is 9.26. The van der Waals surface area contributed by atoms with Crippen molar-refractivity contribution < 1.29 is 0 Å².